The number of carbonyl (C=O) groups excluding carboxylic acids is 1. The van der Waals surface area contributed by atoms with Crippen LogP contribution in [0.15, 0.2) is 71.8 Å². The zero-order valence-corrected chi connectivity index (χ0v) is 18.3. The number of methoxy groups -OCH3 is 1. The third kappa shape index (κ3) is 4.48. The quantitative estimate of drug-likeness (QED) is 0.318. The Morgan fingerprint density at radius 1 is 1.12 bits per heavy atom. The van der Waals surface area contributed by atoms with Crippen molar-refractivity contribution in [3.8, 4) is 11.3 Å². The lowest BCUT2D eigenvalue weighted by Crippen LogP contribution is -2.30. The minimum Gasteiger partial charge on any atom is -0.468 e. The number of benzene rings is 2. The van der Waals surface area contributed by atoms with Gasteiger partial charge in [-0.15, -0.1) is 0 Å². The number of anilines is 2. The predicted octanol–water partition coefficient (Wildman–Crippen LogP) is 0.850. The Morgan fingerprint density at radius 2 is 1.84 bits per heavy atom. The number of esters is 1. The largest absolute Gasteiger partial charge is 0.468 e. The smallest absolute Gasteiger partial charge is 0.320 e. The Balaban J connectivity index is 1.63. The molecule has 0 aliphatic rings. The summed E-state index contributed by atoms with van der Waals surface area (Å²) < 4.78 is 33.0. The van der Waals surface area contributed by atoms with E-state index in [1.165, 1.54) is 19.2 Å². The Hall–Kier alpha value is -3.70. The highest BCUT2D eigenvalue weighted by Crippen LogP contribution is 2.24. The Bertz CT molecular complexity index is 1370. The van der Waals surface area contributed by atoms with E-state index < -0.39 is 22.5 Å². The highest BCUT2D eigenvalue weighted by molar-refractivity contribution is 7.89. The SMILES string of the molecule is Bc1cnn2c(Nc3ccc(S(=O)(=O)NCC(=O)OC)cc3)cc(-c3ccccc3)nc12. The lowest BCUT2D eigenvalue weighted by Gasteiger charge is -2.12. The number of rotatable bonds is 7. The minimum atomic E-state index is -3.84. The topological polar surface area (TPSA) is 115 Å². The molecule has 2 N–H and O–H groups in total. The van der Waals surface area contributed by atoms with E-state index in [4.69, 9.17) is 4.98 Å². The van der Waals surface area contributed by atoms with Gasteiger partial charge in [0.15, 0.2) is 5.65 Å². The van der Waals surface area contributed by atoms with Crippen LogP contribution >= 0.6 is 0 Å². The second-order valence-corrected chi connectivity index (χ2v) is 8.77. The van der Waals surface area contributed by atoms with Crippen molar-refractivity contribution >= 4 is 46.5 Å². The third-order valence-electron chi connectivity index (χ3n) is 4.79. The van der Waals surface area contributed by atoms with Gasteiger partial charge in [-0.3, -0.25) is 4.79 Å². The van der Waals surface area contributed by atoms with Crippen LogP contribution in [0.5, 0.6) is 0 Å². The maximum absolute atomic E-state index is 12.3. The Kier molecular flexibility index (Phi) is 5.93. The van der Waals surface area contributed by atoms with E-state index in [-0.39, 0.29) is 4.90 Å². The summed E-state index contributed by atoms with van der Waals surface area (Å²) >= 11 is 0. The number of fused-ring (bicyclic) bond motifs is 1. The average molecular weight is 449 g/mol. The molecule has 0 unspecified atom stereocenters. The molecule has 0 saturated heterocycles. The number of aromatic nitrogens is 3. The summed E-state index contributed by atoms with van der Waals surface area (Å²) in [6.45, 7) is -0.436. The van der Waals surface area contributed by atoms with Crippen molar-refractivity contribution in [2.75, 3.05) is 19.0 Å². The molecule has 0 aliphatic heterocycles. The van der Waals surface area contributed by atoms with E-state index in [0.717, 1.165) is 22.4 Å². The van der Waals surface area contributed by atoms with Gasteiger partial charge in [-0.2, -0.15) is 14.3 Å². The summed E-state index contributed by atoms with van der Waals surface area (Å²) in [5.41, 5.74) is 4.08. The van der Waals surface area contributed by atoms with Crippen molar-refractivity contribution in [3.05, 3.63) is 66.9 Å². The van der Waals surface area contributed by atoms with Gasteiger partial charge >= 0.3 is 5.97 Å². The van der Waals surface area contributed by atoms with Crippen molar-refractivity contribution in [2.45, 2.75) is 4.90 Å². The van der Waals surface area contributed by atoms with Crippen LogP contribution in [0.3, 0.4) is 0 Å². The molecule has 4 rings (SSSR count). The molecular weight excluding hydrogens is 429 g/mol. The highest BCUT2D eigenvalue weighted by Gasteiger charge is 2.16. The molecule has 4 aromatic rings. The zero-order chi connectivity index (χ0) is 22.7. The van der Waals surface area contributed by atoms with Gasteiger partial charge in [0.1, 0.15) is 20.2 Å². The van der Waals surface area contributed by atoms with E-state index in [1.54, 1.807) is 22.8 Å². The number of ether oxygens (including phenoxy) is 1. The summed E-state index contributed by atoms with van der Waals surface area (Å²) in [6, 6.07) is 17.9. The Labute approximate surface area is 185 Å². The molecule has 9 nitrogen and oxygen atoms in total. The van der Waals surface area contributed by atoms with Crippen molar-refractivity contribution < 1.29 is 17.9 Å². The number of hydrogen-bond acceptors (Lipinski definition) is 7. The predicted molar refractivity (Wildman–Crippen MR) is 124 cm³/mol. The molecule has 0 aliphatic carbocycles. The first-order valence-corrected chi connectivity index (χ1v) is 11.2. The molecule has 162 valence electrons. The van der Waals surface area contributed by atoms with Crippen molar-refractivity contribution in [1.82, 2.24) is 19.3 Å². The lowest BCUT2D eigenvalue weighted by molar-refractivity contribution is -0.139. The molecule has 2 aromatic heterocycles. The summed E-state index contributed by atoms with van der Waals surface area (Å²) in [4.78, 5) is 16.0. The molecule has 0 saturated carbocycles. The number of carbonyl (C=O) groups is 1. The second kappa shape index (κ2) is 8.81. The van der Waals surface area contributed by atoms with Crippen molar-refractivity contribution in [3.63, 3.8) is 0 Å². The minimum absolute atomic E-state index is 0.0340. The molecular formula is C21H20BN5O4S. The number of sulfonamides is 1. The maximum Gasteiger partial charge on any atom is 0.320 e. The molecule has 0 spiro atoms. The van der Waals surface area contributed by atoms with Crippen LogP contribution in [0, 0.1) is 0 Å². The number of nitrogens with one attached hydrogen (secondary N) is 2. The first-order valence-electron chi connectivity index (χ1n) is 9.72. The molecule has 2 heterocycles. The Morgan fingerprint density at radius 3 is 2.53 bits per heavy atom. The molecule has 32 heavy (non-hydrogen) atoms. The zero-order valence-electron chi connectivity index (χ0n) is 17.4. The number of nitrogens with zero attached hydrogens (tertiary/aromatic N) is 3. The van der Waals surface area contributed by atoms with Crippen LogP contribution in [-0.4, -0.2) is 50.5 Å². The molecule has 0 fully saturated rings. The fourth-order valence-electron chi connectivity index (χ4n) is 3.09. The number of hydrogen-bond donors (Lipinski definition) is 2. The van der Waals surface area contributed by atoms with Gasteiger partial charge in [0.2, 0.25) is 10.0 Å². The molecule has 0 radical (unpaired) electrons. The van der Waals surface area contributed by atoms with Crippen molar-refractivity contribution in [1.29, 1.82) is 0 Å². The van der Waals surface area contributed by atoms with Crippen LogP contribution in [0.4, 0.5) is 11.5 Å². The van der Waals surface area contributed by atoms with Gasteiger partial charge in [0.25, 0.3) is 0 Å². The standard InChI is InChI=1S/C21H20BN5O4S/c1-31-20(28)13-24-32(29,30)16-9-7-15(8-10-16)25-19-11-18(14-5-3-2-4-6-14)26-21-17(22)12-23-27(19)21/h2-12,24-25H,13,22H2,1H3. The van der Waals surface area contributed by atoms with E-state index in [0.29, 0.717) is 11.5 Å². The molecule has 0 bridgehead atoms. The lowest BCUT2D eigenvalue weighted by atomic mass is 10.0. The van der Waals surface area contributed by atoms with E-state index >= 15 is 0 Å². The van der Waals surface area contributed by atoms with Crippen LogP contribution < -0.4 is 15.5 Å². The normalized spacial score (nSPS) is 11.4. The average Bonchev–Trinajstić information content (AvgIpc) is 3.19. The van der Waals surface area contributed by atoms with E-state index in [2.05, 4.69) is 19.9 Å². The van der Waals surface area contributed by atoms with Gasteiger partial charge in [0, 0.05) is 23.5 Å². The van der Waals surface area contributed by atoms with Gasteiger partial charge in [0.05, 0.1) is 17.7 Å². The van der Waals surface area contributed by atoms with Gasteiger partial charge < -0.3 is 10.1 Å². The first-order chi connectivity index (χ1) is 15.4. The fraction of sp³-hybridized carbons (Fsp3) is 0.0952. The second-order valence-electron chi connectivity index (χ2n) is 7.01. The molecule has 2 aromatic carbocycles. The fourth-order valence-corrected chi connectivity index (χ4v) is 4.06. The summed E-state index contributed by atoms with van der Waals surface area (Å²) in [7, 11) is -0.704. The van der Waals surface area contributed by atoms with Gasteiger partial charge in [-0.25, -0.2) is 13.4 Å². The molecule has 0 amide bonds. The molecule has 11 heteroatoms. The summed E-state index contributed by atoms with van der Waals surface area (Å²) in [6.07, 6.45) is 1.74. The third-order valence-corrected chi connectivity index (χ3v) is 6.21. The summed E-state index contributed by atoms with van der Waals surface area (Å²) in [5, 5.41) is 7.68. The van der Waals surface area contributed by atoms with Crippen LogP contribution in [0.1, 0.15) is 0 Å². The highest BCUT2D eigenvalue weighted by atomic mass is 32.2. The van der Waals surface area contributed by atoms with Crippen LogP contribution in [0.25, 0.3) is 16.9 Å². The monoisotopic (exact) mass is 449 g/mol. The summed E-state index contributed by atoms with van der Waals surface area (Å²) in [5.74, 6) is 0.0127. The van der Waals surface area contributed by atoms with Crippen LogP contribution in [-0.2, 0) is 19.6 Å². The first kappa shape index (κ1) is 21.5. The van der Waals surface area contributed by atoms with E-state index in [1.807, 2.05) is 44.2 Å². The van der Waals surface area contributed by atoms with Gasteiger partial charge in [-0.05, 0) is 29.7 Å². The van der Waals surface area contributed by atoms with Crippen LogP contribution in [0.2, 0.25) is 0 Å². The van der Waals surface area contributed by atoms with Crippen molar-refractivity contribution in [2.24, 2.45) is 0 Å². The maximum atomic E-state index is 12.3. The van der Waals surface area contributed by atoms with E-state index in [9.17, 15) is 13.2 Å². The molecule has 0 atom stereocenters. The van der Waals surface area contributed by atoms with Gasteiger partial charge in [-0.1, -0.05) is 30.3 Å².